The quantitative estimate of drug-likeness (QED) is 0.789. The normalized spacial score (nSPS) is 16.8. The molecular weight excluding hydrogens is 310 g/mol. The molecule has 1 aromatic heterocycles. The predicted molar refractivity (Wildman–Crippen MR) is 89.3 cm³/mol. The number of carbonyl (C=O) groups excluding carboxylic acids is 1. The molecule has 7 heteroatoms. The fourth-order valence-electron chi connectivity index (χ4n) is 2.32. The molecule has 1 fully saturated rings. The molecule has 0 saturated heterocycles. The van der Waals surface area contributed by atoms with Gasteiger partial charge in [0.1, 0.15) is 0 Å². The number of rotatable bonds is 7. The van der Waals surface area contributed by atoms with Gasteiger partial charge in [-0.3, -0.25) is 4.79 Å². The molecular formula is C16H21N5OS. The number of nitrogens with zero attached hydrogens (tertiary/aromatic N) is 4. The van der Waals surface area contributed by atoms with Gasteiger partial charge < -0.3 is 5.32 Å². The summed E-state index contributed by atoms with van der Waals surface area (Å²) in [6.45, 7) is 4.63. The van der Waals surface area contributed by atoms with Crippen molar-refractivity contribution < 1.29 is 4.79 Å². The Morgan fingerprint density at radius 3 is 2.78 bits per heavy atom. The van der Waals surface area contributed by atoms with Crippen molar-refractivity contribution in [2.45, 2.75) is 49.1 Å². The topological polar surface area (TPSA) is 72.7 Å². The molecule has 2 aromatic rings. The van der Waals surface area contributed by atoms with Gasteiger partial charge in [-0.15, -0.1) is 5.10 Å². The van der Waals surface area contributed by atoms with Crippen LogP contribution in [-0.2, 0) is 4.79 Å². The van der Waals surface area contributed by atoms with Gasteiger partial charge in [-0.2, -0.15) is 0 Å². The van der Waals surface area contributed by atoms with Crippen molar-refractivity contribution in [1.82, 2.24) is 25.5 Å². The predicted octanol–water partition coefficient (Wildman–Crippen LogP) is 2.41. The Kier molecular flexibility index (Phi) is 4.95. The molecule has 1 heterocycles. The number of hydrogen-bond donors (Lipinski definition) is 1. The minimum atomic E-state index is -0.221. The molecule has 2 unspecified atom stereocenters. The Balaban J connectivity index is 1.50. The lowest BCUT2D eigenvalue weighted by molar-refractivity contribution is -0.120. The molecule has 2 atom stereocenters. The average molecular weight is 331 g/mol. The van der Waals surface area contributed by atoms with Crippen LogP contribution in [0.3, 0.4) is 0 Å². The third-order valence-electron chi connectivity index (χ3n) is 3.96. The maximum Gasteiger partial charge on any atom is 0.233 e. The molecule has 0 aliphatic heterocycles. The fraction of sp³-hybridized carbons (Fsp3) is 0.500. The van der Waals surface area contributed by atoms with E-state index in [0.717, 1.165) is 18.0 Å². The second kappa shape index (κ2) is 7.12. The lowest BCUT2D eigenvalue weighted by Gasteiger charge is -2.15. The lowest BCUT2D eigenvalue weighted by Crippen LogP contribution is -2.33. The summed E-state index contributed by atoms with van der Waals surface area (Å²) in [6.07, 6.45) is 2.24. The second-order valence-electron chi connectivity index (χ2n) is 5.95. The molecule has 1 aliphatic carbocycles. The number of benzene rings is 1. The highest BCUT2D eigenvalue weighted by molar-refractivity contribution is 8.00. The number of nitrogens with one attached hydrogen (secondary N) is 1. The molecule has 23 heavy (non-hydrogen) atoms. The summed E-state index contributed by atoms with van der Waals surface area (Å²) >= 11 is 1.42. The summed E-state index contributed by atoms with van der Waals surface area (Å²) in [4.78, 5) is 12.3. The minimum absolute atomic E-state index is 0.0168. The molecule has 0 spiro atoms. The van der Waals surface area contributed by atoms with Gasteiger partial charge in [0.15, 0.2) is 0 Å². The first-order valence-corrected chi connectivity index (χ1v) is 8.80. The molecule has 6 nitrogen and oxygen atoms in total. The number of aromatic nitrogens is 4. The third kappa shape index (κ3) is 4.10. The van der Waals surface area contributed by atoms with E-state index >= 15 is 0 Å². The van der Waals surface area contributed by atoms with Crippen LogP contribution in [0, 0.1) is 0 Å². The van der Waals surface area contributed by atoms with Gasteiger partial charge in [0.25, 0.3) is 0 Å². The number of thioether (sulfide) groups is 1. The maximum absolute atomic E-state index is 12.3. The maximum atomic E-state index is 12.3. The largest absolute Gasteiger partial charge is 0.355 e. The molecule has 0 radical (unpaired) electrons. The van der Waals surface area contributed by atoms with E-state index in [0.29, 0.717) is 12.6 Å². The summed E-state index contributed by atoms with van der Waals surface area (Å²) < 4.78 is 1.83. The fourth-order valence-corrected chi connectivity index (χ4v) is 3.20. The summed E-state index contributed by atoms with van der Waals surface area (Å²) in [7, 11) is 0. The molecule has 122 valence electrons. The van der Waals surface area contributed by atoms with Gasteiger partial charge in [0.2, 0.25) is 11.1 Å². The SMILES string of the molecule is CC(Sc1nnnn1C1CC1)C(=O)NCC(C)c1ccccc1. The molecule has 1 aromatic carbocycles. The van der Waals surface area contributed by atoms with Crippen molar-refractivity contribution in [3.8, 4) is 0 Å². The van der Waals surface area contributed by atoms with Gasteiger partial charge in [-0.1, -0.05) is 49.0 Å². The van der Waals surface area contributed by atoms with Crippen LogP contribution in [0.25, 0.3) is 0 Å². The Labute approximate surface area is 140 Å². The smallest absolute Gasteiger partial charge is 0.233 e. The highest BCUT2D eigenvalue weighted by atomic mass is 32.2. The Bertz CT molecular complexity index is 656. The van der Waals surface area contributed by atoms with E-state index in [4.69, 9.17) is 0 Å². The number of amides is 1. The van der Waals surface area contributed by atoms with Crippen LogP contribution < -0.4 is 5.32 Å². The van der Waals surface area contributed by atoms with E-state index in [1.807, 2.05) is 29.8 Å². The zero-order chi connectivity index (χ0) is 16.2. The molecule has 1 saturated carbocycles. The van der Waals surface area contributed by atoms with Gasteiger partial charge in [0.05, 0.1) is 11.3 Å². The standard InChI is InChI=1S/C16H21N5OS/c1-11(13-6-4-3-5-7-13)10-17-15(22)12(2)23-16-18-19-20-21(16)14-8-9-14/h3-7,11-12,14H,8-10H2,1-2H3,(H,17,22). The van der Waals surface area contributed by atoms with E-state index < -0.39 is 0 Å². The van der Waals surface area contributed by atoms with E-state index in [2.05, 4.69) is 39.9 Å². The van der Waals surface area contributed by atoms with Crippen LogP contribution in [0.1, 0.15) is 44.2 Å². The molecule has 1 N–H and O–H groups in total. The Morgan fingerprint density at radius 2 is 2.09 bits per heavy atom. The summed E-state index contributed by atoms with van der Waals surface area (Å²) in [5.74, 6) is 0.303. The number of tetrazole rings is 1. The van der Waals surface area contributed by atoms with Crippen LogP contribution in [0.2, 0.25) is 0 Å². The van der Waals surface area contributed by atoms with Crippen molar-refractivity contribution >= 4 is 17.7 Å². The van der Waals surface area contributed by atoms with E-state index in [1.165, 1.54) is 17.3 Å². The minimum Gasteiger partial charge on any atom is -0.355 e. The van der Waals surface area contributed by atoms with E-state index in [9.17, 15) is 4.79 Å². The Hall–Kier alpha value is -1.89. The highest BCUT2D eigenvalue weighted by Crippen LogP contribution is 2.37. The molecule has 1 aliphatic rings. The second-order valence-corrected chi connectivity index (χ2v) is 7.26. The number of hydrogen-bond acceptors (Lipinski definition) is 5. The highest BCUT2D eigenvalue weighted by Gasteiger charge is 2.29. The van der Waals surface area contributed by atoms with Gasteiger partial charge >= 0.3 is 0 Å². The molecule has 0 bridgehead atoms. The molecule has 3 rings (SSSR count). The van der Waals surface area contributed by atoms with Crippen molar-refractivity contribution in [3.05, 3.63) is 35.9 Å². The van der Waals surface area contributed by atoms with Crippen molar-refractivity contribution in [3.63, 3.8) is 0 Å². The Morgan fingerprint density at radius 1 is 1.35 bits per heavy atom. The third-order valence-corrected chi connectivity index (χ3v) is 5.01. The molecule has 1 amide bonds. The van der Waals surface area contributed by atoms with Crippen LogP contribution in [0.4, 0.5) is 0 Å². The van der Waals surface area contributed by atoms with Gasteiger partial charge in [-0.25, -0.2) is 4.68 Å². The zero-order valence-electron chi connectivity index (χ0n) is 13.3. The summed E-state index contributed by atoms with van der Waals surface area (Å²) in [5.41, 5.74) is 1.23. The first kappa shape index (κ1) is 16.0. The monoisotopic (exact) mass is 331 g/mol. The van der Waals surface area contributed by atoms with Crippen LogP contribution in [0.5, 0.6) is 0 Å². The lowest BCUT2D eigenvalue weighted by atomic mass is 10.0. The van der Waals surface area contributed by atoms with Crippen molar-refractivity contribution in [2.75, 3.05) is 6.54 Å². The number of carbonyl (C=O) groups is 1. The first-order chi connectivity index (χ1) is 11.1. The summed E-state index contributed by atoms with van der Waals surface area (Å²) in [5, 5.41) is 15.3. The first-order valence-electron chi connectivity index (χ1n) is 7.92. The van der Waals surface area contributed by atoms with Gasteiger partial charge in [-0.05, 0) is 41.7 Å². The van der Waals surface area contributed by atoms with Crippen LogP contribution in [0.15, 0.2) is 35.5 Å². The van der Waals surface area contributed by atoms with E-state index in [1.54, 1.807) is 0 Å². The van der Waals surface area contributed by atoms with Crippen LogP contribution in [-0.4, -0.2) is 37.9 Å². The van der Waals surface area contributed by atoms with E-state index in [-0.39, 0.29) is 17.1 Å². The van der Waals surface area contributed by atoms with Gasteiger partial charge in [0, 0.05) is 6.54 Å². The van der Waals surface area contributed by atoms with Crippen LogP contribution >= 0.6 is 11.8 Å². The van der Waals surface area contributed by atoms with Crippen molar-refractivity contribution in [2.24, 2.45) is 0 Å². The van der Waals surface area contributed by atoms with Crippen molar-refractivity contribution in [1.29, 1.82) is 0 Å². The zero-order valence-corrected chi connectivity index (χ0v) is 14.2. The average Bonchev–Trinajstić information content (AvgIpc) is 3.32. The summed E-state index contributed by atoms with van der Waals surface area (Å²) in [6, 6.07) is 10.6.